The van der Waals surface area contributed by atoms with Crippen LogP contribution in [-0.2, 0) is 5.41 Å². The molecule has 2 N–H and O–H groups in total. The predicted molar refractivity (Wildman–Crippen MR) is 69.9 cm³/mol. The van der Waals surface area contributed by atoms with E-state index >= 15 is 0 Å². The van der Waals surface area contributed by atoms with E-state index in [2.05, 4.69) is 0 Å². The predicted octanol–water partition coefficient (Wildman–Crippen LogP) is 3.62. The molecule has 16 heavy (non-hydrogen) atoms. The molecule has 1 nitrogen and oxygen atoms in total. The molecule has 0 radical (unpaired) electrons. The Morgan fingerprint density at radius 2 is 1.94 bits per heavy atom. The molecule has 2 unspecified atom stereocenters. The van der Waals surface area contributed by atoms with E-state index in [9.17, 15) is 0 Å². The van der Waals surface area contributed by atoms with Crippen LogP contribution in [0.5, 0.6) is 0 Å². The molecule has 0 aromatic heterocycles. The maximum absolute atomic E-state index is 6.21. The van der Waals surface area contributed by atoms with Gasteiger partial charge in [-0.25, -0.2) is 0 Å². The average Bonchev–Trinajstić information content (AvgIpc) is 2.24. The van der Waals surface area contributed by atoms with E-state index in [0.29, 0.717) is 5.03 Å². The zero-order chi connectivity index (χ0) is 11.8. The first-order chi connectivity index (χ1) is 7.54. The Morgan fingerprint density at radius 3 is 2.62 bits per heavy atom. The van der Waals surface area contributed by atoms with Gasteiger partial charge in [-0.2, -0.15) is 0 Å². The highest BCUT2D eigenvalue weighted by molar-refractivity contribution is 6.32. The second kappa shape index (κ2) is 4.25. The van der Waals surface area contributed by atoms with Gasteiger partial charge in [0.15, 0.2) is 0 Å². The van der Waals surface area contributed by atoms with Crippen LogP contribution in [0, 0.1) is 0 Å². The summed E-state index contributed by atoms with van der Waals surface area (Å²) < 4.78 is 0. The minimum atomic E-state index is -0.343. The van der Waals surface area contributed by atoms with Gasteiger partial charge >= 0.3 is 0 Å². The summed E-state index contributed by atoms with van der Waals surface area (Å²) in [6, 6.07) is 7.61. The molecule has 0 saturated carbocycles. The quantitative estimate of drug-likeness (QED) is 0.813. The summed E-state index contributed by atoms with van der Waals surface area (Å²) in [5.41, 5.74) is 6.79. The second-order valence-corrected chi connectivity index (χ2v) is 5.02. The normalized spacial score (nSPS) is 29.0. The van der Waals surface area contributed by atoms with Gasteiger partial charge in [0.2, 0.25) is 0 Å². The van der Waals surface area contributed by atoms with Crippen molar-refractivity contribution in [2.24, 2.45) is 5.73 Å². The Bertz CT molecular complexity index is 465. The molecule has 2 atom stereocenters. The summed E-state index contributed by atoms with van der Waals surface area (Å²) in [5.74, 6) is 0. The zero-order valence-electron chi connectivity index (χ0n) is 8.95. The topological polar surface area (TPSA) is 26.0 Å². The minimum Gasteiger partial charge on any atom is -0.323 e. The van der Waals surface area contributed by atoms with E-state index in [0.717, 1.165) is 10.6 Å². The average molecular weight is 254 g/mol. The summed E-state index contributed by atoms with van der Waals surface area (Å²) in [6.45, 7) is 2.05. The SMILES string of the molecule is CC1(c2ccccc2Cl)C=C(Cl)C=CC1N. The van der Waals surface area contributed by atoms with Crippen LogP contribution in [-0.4, -0.2) is 6.04 Å². The van der Waals surface area contributed by atoms with Crippen LogP contribution >= 0.6 is 23.2 Å². The second-order valence-electron chi connectivity index (χ2n) is 4.18. The van der Waals surface area contributed by atoms with Crippen molar-refractivity contribution in [2.45, 2.75) is 18.4 Å². The van der Waals surface area contributed by atoms with E-state index in [1.165, 1.54) is 0 Å². The van der Waals surface area contributed by atoms with Gasteiger partial charge in [-0.15, -0.1) is 0 Å². The first-order valence-corrected chi connectivity index (χ1v) is 5.87. The zero-order valence-corrected chi connectivity index (χ0v) is 10.5. The molecule has 3 heteroatoms. The van der Waals surface area contributed by atoms with Crippen molar-refractivity contribution >= 4 is 23.2 Å². The molecule has 0 spiro atoms. The van der Waals surface area contributed by atoms with Crippen molar-refractivity contribution in [1.29, 1.82) is 0 Å². The van der Waals surface area contributed by atoms with Crippen LogP contribution in [0.4, 0.5) is 0 Å². The molecule has 1 aliphatic rings. The summed E-state index contributed by atoms with van der Waals surface area (Å²) in [7, 11) is 0. The van der Waals surface area contributed by atoms with Crippen molar-refractivity contribution < 1.29 is 0 Å². The number of hydrogen-bond acceptors (Lipinski definition) is 1. The van der Waals surface area contributed by atoms with Gasteiger partial charge in [-0.3, -0.25) is 0 Å². The number of benzene rings is 1. The Labute approximate surface area is 106 Å². The Balaban J connectivity index is 2.54. The molecule has 0 saturated heterocycles. The lowest BCUT2D eigenvalue weighted by atomic mass is 9.74. The van der Waals surface area contributed by atoms with Crippen LogP contribution in [0.1, 0.15) is 12.5 Å². The van der Waals surface area contributed by atoms with Gasteiger partial charge < -0.3 is 5.73 Å². The van der Waals surface area contributed by atoms with Gasteiger partial charge in [0.05, 0.1) is 0 Å². The number of hydrogen-bond donors (Lipinski definition) is 1. The largest absolute Gasteiger partial charge is 0.323 e. The molecule has 0 heterocycles. The van der Waals surface area contributed by atoms with E-state index in [1.807, 2.05) is 49.4 Å². The highest BCUT2D eigenvalue weighted by atomic mass is 35.5. The molecule has 1 aromatic carbocycles. The van der Waals surface area contributed by atoms with Gasteiger partial charge in [0, 0.05) is 21.5 Å². The lowest BCUT2D eigenvalue weighted by Crippen LogP contribution is -2.41. The number of allylic oxidation sites excluding steroid dienone is 2. The third-order valence-corrected chi connectivity index (χ3v) is 3.61. The van der Waals surface area contributed by atoms with E-state index in [4.69, 9.17) is 28.9 Å². The third-order valence-electron chi connectivity index (χ3n) is 3.05. The number of nitrogens with two attached hydrogens (primary N) is 1. The Kier molecular flexibility index (Phi) is 3.11. The standard InChI is InChI=1S/C13H13Cl2N/c1-13(8-9(14)6-7-12(13)16)10-4-2-3-5-11(10)15/h2-8,12H,16H2,1H3. The molecule has 0 bridgehead atoms. The maximum atomic E-state index is 6.21. The summed E-state index contributed by atoms with van der Waals surface area (Å²) in [4.78, 5) is 0. The van der Waals surface area contributed by atoms with E-state index in [1.54, 1.807) is 0 Å². The molecule has 0 fully saturated rings. The van der Waals surface area contributed by atoms with Gasteiger partial charge in [0.25, 0.3) is 0 Å². The van der Waals surface area contributed by atoms with Gasteiger partial charge in [-0.05, 0) is 17.7 Å². The van der Waals surface area contributed by atoms with Crippen molar-refractivity contribution in [3.05, 3.63) is 58.1 Å². The molecule has 1 aliphatic carbocycles. The first kappa shape index (κ1) is 11.7. The molecule has 0 amide bonds. The van der Waals surface area contributed by atoms with Gasteiger partial charge in [0.1, 0.15) is 0 Å². The summed E-state index contributed by atoms with van der Waals surface area (Å²) >= 11 is 12.3. The van der Waals surface area contributed by atoms with Crippen LogP contribution in [0.25, 0.3) is 0 Å². The fraction of sp³-hybridized carbons (Fsp3) is 0.231. The maximum Gasteiger partial charge on any atom is 0.0447 e. The van der Waals surface area contributed by atoms with Crippen LogP contribution < -0.4 is 5.73 Å². The van der Waals surface area contributed by atoms with Gasteiger partial charge in [-0.1, -0.05) is 60.5 Å². The van der Waals surface area contributed by atoms with E-state index in [-0.39, 0.29) is 11.5 Å². The molecule has 2 rings (SSSR count). The highest BCUT2D eigenvalue weighted by Gasteiger charge is 2.33. The molecule has 1 aromatic rings. The smallest absolute Gasteiger partial charge is 0.0447 e. The Morgan fingerprint density at radius 1 is 1.25 bits per heavy atom. The van der Waals surface area contributed by atoms with E-state index < -0.39 is 0 Å². The molecule has 0 aliphatic heterocycles. The van der Waals surface area contributed by atoms with Crippen LogP contribution in [0.2, 0.25) is 5.02 Å². The summed E-state index contributed by atoms with van der Waals surface area (Å²) in [6.07, 6.45) is 5.69. The molecular weight excluding hydrogens is 241 g/mol. The lowest BCUT2D eigenvalue weighted by molar-refractivity contribution is 0.519. The highest BCUT2D eigenvalue weighted by Crippen LogP contribution is 2.37. The first-order valence-electron chi connectivity index (χ1n) is 5.11. The van der Waals surface area contributed by atoms with Crippen LogP contribution in [0.15, 0.2) is 47.5 Å². The Hall–Kier alpha value is -0.760. The monoisotopic (exact) mass is 253 g/mol. The number of halogens is 2. The van der Waals surface area contributed by atoms with Crippen LogP contribution in [0.3, 0.4) is 0 Å². The lowest BCUT2D eigenvalue weighted by Gasteiger charge is -2.34. The fourth-order valence-electron chi connectivity index (χ4n) is 1.98. The molecular formula is C13H13Cl2N. The van der Waals surface area contributed by atoms with Crippen molar-refractivity contribution in [2.75, 3.05) is 0 Å². The van der Waals surface area contributed by atoms with Crippen molar-refractivity contribution in [3.63, 3.8) is 0 Å². The third kappa shape index (κ3) is 1.91. The fourth-order valence-corrected chi connectivity index (χ4v) is 2.62. The van der Waals surface area contributed by atoms with Crippen molar-refractivity contribution in [3.8, 4) is 0 Å². The van der Waals surface area contributed by atoms with Crippen molar-refractivity contribution in [1.82, 2.24) is 0 Å². The summed E-state index contributed by atoms with van der Waals surface area (Å²) in [5, 5.41) is 1.42. The minimum absolute atomic E-state index is 0.116. The molecule has 84 valence electrons. The number of rotatable bonds is 1.